The van der Waals surface area contributed by atoms with Crippen LogP contribution in [0.3, 0.4) is 0 Å². The molecule has 8 nitrogen and oxygen atoms in total. The smallest absolute Gasteiger partial charge is 0.321 e. The third-order valence-electron chi connectivity index (χ3n) is 5.72. The summed E-state index contributed by atoms with van der Waals surface area (Å²) in [6.45, 7) is 6.50. The van der Waals surface area contributed by atoms with E-state index in [2.05, 4.69) is 16.0 Å². The maximum absolute atomic E-state index is 12.3. The third kappa shape index (κ3) is 9.61. The van der Waals surface area contributed by atoms with Gasteiger partial charge in [-0.25, -0.2) is 4.79 Å². The van der Waals surface area contributed by atoms with Crippen LogP contribution in [0.5, 0.6) is 17.2 Å². The molecule has 4 N–H and O–H groups in total. The van der Waals surface area contributed by atoms with Gasteiger partial charge < -0.3 is 24.8 Å². The normalized spacial score (nSPS) is 10.8. The number of hydrogen-bond acceptors (Lipinski definition) is 5. The minimum absolute atomic E-state index is 0.201. The van der Waals surface area contributed by atoms with Gasteiger partial charge in [0.2, 0.25) is 11.7 Å². The quantitative estimate of drug-likeness (QED) is 0.127. The van der Waals surface area contributed by atoms with Gasteiger partial charge in [0.25, 0.3) is 0 Å². The zero-order chi connectivity index (χ0) is 29.1. The van der Waals surface area contributed by atoms with Gasteiger partial charge >= 0.3 is 6.03 Å². The van der Waals surface area contributed by atoms with E-state index in [1.807, 2.05) is 112 Å². The molecule has 2 amide bonds. The van der Waals surface area contributed by atoms with Crippen LogP contribution >= 0.6 is 0 Å². The van der Waals surface area contributed by atoms with E-state index in [0.717, 1.165) is 16.7 Å². The number of amides is 2. The van der Waals surface area contributed by atoms with Crippen molar-refractivity contribution >= 4 is 17.7 Å². The summed E-state index contributed by atoms with van der Waals surface area (Å²) in [5, 5.41) is 16.5. The van der Waals surface area contributed by atoms with E-state index in [-0.39, 0.29) is 5.96 Å². The molecule has 212 valence electrons. The highest BCUT2D eigenvalue weighted by Crippen LogP contribution is 2.42. The number of guanidine groups is 1. The molecule has 4 aromatic rings. The molecule has 0 radical (unpaired) electrons. The Bertz CT molecular complexity index is 1360. The predicted molar refractivity (Wildman–Crippen MR) is 162 cm³/mol. The molecule has 0 bridgehead atoms. The van der Waals surface area contributed by atoms with Gasteiger partial charge in [-0.05, 0) is 37.5 Å². The summed E-state index contributed by atoms with van der Waals surface area (Å²) in [5.74, 6) is 1.11. The van der Waals surface area contributed by atoms with Gasteiger partial charge in [0.15, 0.2) is 11.5 Å². The van der Waals surface area contributed by atoms with Crippen LogP contribution in [-0.4, -0.2) is 17.5 Å². The van der Waals surface area contributed by atoms with Crippen LogP contribution in [0.25, 0.3) is 0 Å². The SMILES string of the molecule is CC(C)(C)NC(=O)NC(=N)Nc1cc(OCc2ccccc2)c(OCc2ccccc2)c(OCc2ccccc2)c1. The molecule has 0 aromatic heterocycles. The average Bonchev–Trinajstić information content (AvgIpc) is 2.94. The summed E-state index contributed by atoms with van der Waals surface area (Å²) >= 11 is 0. The highest BCUT2D eigenvalue weighted by molar-refractivity contribution is 6.02. The van der Waals surface area contributed by atoms with Crippen molar-refractivity contribution in [2.75, 3.05) is 5.32 Å². The first kappa shape index (κ1) is 29.0. The number of nitrogens with one attached hydrogen (secondary N) is 4. The van der Waals surface area contributed by atoms with Crippen LogP contribution in [-0.2, 0) is 19.8 Å². The van der Waals surface area contributed by atoms with Gasteiger partial charge in [-0.15, -0.1) is 0 Å². The van der Waals surface area contributed by atoms with Crippen molar-refractivity contribution in [1.82, 2.24) is 10.6 Å². The number of carbonyl (C=O) groups excluding carboxylic acids is 1. The van der Waals surface area contributed by atoms with Gasteiger partial charge in [0.1, 0.15) is 19.8 Å². The van der Waals surface area contributed by atoms with Crippen LogP contribution in [0.2, 0.25) is 0 Å². The first-order chi connectivity index (χ1) is 19.7. The van der Waals surface area contributed by atoms with Crippen LogP contribution in [0, 0.1) is 5.41 Å². The number of urea groups is 1. The standard InChI is InChI=1S/C33H36N4O4/c1-33(2,3)37-32(38)36-31(34)35-27-19-28(39-21-24-13-7-4-8-14-24)30(41-23-26-17-11-6-12-18-26)29(20-27)40-22-25-15-9-5-10-16-25/h4-20H,21-23H2,1-3H3,(H4,34,35,36,37,38). The van der Waals surface area contributed by atoms with E-state index in [1.165, 1.54) is 0 Å². The van der Waals surface area contributed by atoms with E-state index in [1.54, 1.807) is 12.1 Å². The molecule has 0 heterocycles. The molecule has 0 unspecified atom stereocenters. The van der Waals surface area contributed by atoms with Crippen molar-refractivity contribution in [3.63, 3.8) is 0 Å². The molecular weight excluding hydrogens is 516 g/mol. The Hall–Kier alpha value is -4.98. The first-order valence-electron chi connectivity index (χ1n) is 13.4. The van der Waals surface area contributed by atoms with Crippen LogP contribution in [0.4, 0.5) is 10.5 Å². The monoisotopic (exact) mass is 552 g/mol. The number of carbonyl (C=O) groups is 1. The molecule has 4 aromatic carbocycles. The van der Waals surface area contributed by atoms with Gasteiger partial charge in [-0.3, -0.25) is 10.7 Å². The molecule has 0 atom stereocenters. The lowest BCUT2D eigenvalue weighted by molar-refractivity contribution is 0.230. The molecule has 41 heavy (non-hydrogen) atoms. The second kappa shape index (κ2) is 13.9. The number of benzene rings is 4. The summed E-state index contributed by atoms with van der Waals surface area (Å²) in [5.41, 5.74) is 3.01. The Morgan fingerprint density at radius 1 is 0.683 bits per heavy atom. The molecule has 0 aliphatic rings. The molecule has 0 aliphatic carbocycles. The van der Waals surface area contributed by atoms with Crippen molar-refractivity contribution in [1.29, 1.82) is 5.41 Å². The number of anilines is 1. The Morgan fingerprint density at radius 3 is 1.51 bits per heavy atom. The zero-order valence-electron chi connectivity index (χ0n) is 23.6. The molecule has 0 aliphatic heterocycles. The second-order valence-corrected chi connectivity index (χ2v) is 10.5. The lowest BCUT2D eigenvalue weighted by Crippen LogP contribution is -2.49. The minimum Gasteiger partial charge on any atom is -0.485 e. The topological polar surface area (TPSA) is 105 Å². The average molecular weight is 553 g/mol. The van der Waals surface area contributed by atoms with Crippen molar-refractivity contribution in [2.45, 2.75) is 46.1 Å². The fraction of sp³-hybridized carbons (Fsp3) is 0.212. The van der Waals surface area contributed by atoms with E-state index in [0.29, 0.717) is 42.8 Å². The number of rotatable bonds is 10. The molecule has 8 heteroatoms. The maximum Gasteiger partial charge on any atom is 0.321 e. The van der Waals surface area contributed by atoms with Crippen LogP contribution < -0.4 is 30.2 Å². The van der Waals surface area contributed by atoms with Crippen molar-refractivity contribution < 1.29 is 19.0 Å². The van der Waals surface area contributed by atoms with Crippen molar-refractivity contribution in [2.24, 2.45) is 0 Å². The number of hydrogen-bond donors (Lipinski definition) is 4. The summed E-state index contributed by atoms with van der Waals surface area (Å²) in [4.78, 5) is 12.3. The largest absolute Gasteiger partial charge is 0.485 e. The molecule has 0 saturated carbocycles. The molecule has 0 spiro atoms. The van der Waals surface area contributed by atoms with Gasteiger partial charge in [-0.1, -0.05) is 91.0 Å². The molecular formula is C33H36N4O4. The van der Waals surface area contributed by atoms with E-state index in [9.17, 15) is 4.79 Å². The Kier molecular flexibility index (Phi) is 9.83. The second-order valence-electron chi connectivity index (χ2n) is 10.5. The van der Waals surface area contributed by atoms with Crippen molar-refractivity contribution in [3.8, 4) is 17.2 Å². The lowest BCUT2D eigenvalue weighted by Gasteiger charge is -2.22. The highest BCUT2D eigenvalue weighted by atomic mass is 16.5. The molecule has 0 fully saturated rings. The van der Waals surface area contributed by atoms with Gasteiger partial charge in [-0.2, -0.15) is 0 Å². The third-order valence-corrected chi connectivity index (χ3v) is 5.72. The van der Waals surface area contributed by atoms with Crippen LogP contribution in [0.1, 0.15) is 37.5 Å². The molecule has 4 rings (SSSR count). The Balaban J connectivity index is 1.63. The van der Waals surface area contributed by atoms with E-state index >= 15 is 0 Å². The Morgan fingerprint density at radius 2 is 1.10 bits per heavy atom. The fourth-order valence-electron chi connectivity index (χ4n) is 3.87. The zero-order valence-corrected chi connectivity index (χ0v) is 23.6. The molecule has 0 saturated heterocycles. The van der Waals surface area contributed by atoms with Crippen LogP contribution in [0.15, 0.2) is 103 Å². The first-order valence-corrected chi connectivity index (χ1v) is 13.4. The predicted octanol–water partition coefficient (Wildman–Crippen LogP) is 6.87. The lowest BCUT2D eigenvalue weighted by atomic mass is 10.1. The summed E-state index contributed by atoms with van der Waals surface area (Å²) in [6, 6.07) is 32.4. The summed E-state index contributed by atoms with van der Waals surface area (Å²) in [7, 11) is 0. The summed E-state index contributed by atoms with van der Waals surface area (Å²) < 4.78 is 18.8. The summed E-state index contributed by atoms with van der Waals surface area (Å²) in [6.07, 6.45) is 0. The fourth-order valence-corrected chi connectivity index (χ4v) is 3.87. The Labute approximate surface area is 241 Å². The maximum atomic E-state index is 12.3. The van der Waals surface area contributed by atoms with Gasteiger partial charge in [0, 0.05) is 23.4 Å². The highest BCUT2D eigenvalue weighted by Gasteiger charge is 2.19. The van der Waals surface area contributed by atoms with Crippen molar-refractivity contribution in [3.05, 3.63) is 120 Å². The minimum atomic E-state index is -0.487. The number of ether oxygens (including phenoxy) is 3. The van der Waals surface area contributed by atoms with E-state index in [4.69, 9.17) is 19.6 Å². The van der Waals surface area contributed by atoms with E-state index < -0.39 is 11.6 Å². The van der Waals surface area contributed by atoms with Gasteiger partial charge in [0.05, 0.1) is 0 Å².